The Bertz CT molecular complexity index is 269. The lowest BCUT2D eigenvalue weighted by molar-refractivity contribution is 0.0388. The fraction of sp³-hybridized carbons (Fsp3) is 0.923. The molecule has 1 rings (SSSR count). The van der Waals surface area contributed by atoms with Crippen LogP contribution in [0.3, 0.4) is 0 Å². The van der Waals surface area contributed by atoms with Crippen LogP contribution in [0.1, 0.15) is 27.7 Å². The minimum atomic E-state index is -0.310. The maximum Gasteiger partial charge on any atom is 0.410 e. The Morgan fingerprint density at radius 3 is 2.61 bits per heavy atom. The van der Waals surface area contributed by atoms with E-state index in [2.05, 4.69) is 19.2 Å². The van der Waals surface area contributed by atoms with Crippen LogP contribution < -0.4 is 5.32 Å². The van der Waals surface area contributed by atoms with Gasteiger partial charge in [-0.3, -0.25) is 0 Å². The zero-order chi connectivity index (χ0) is 13.7. The summed E-state index contributed by atoms with van der Waals surface area (Å²) in [6.07, 6.45) is -0.310. The number of piperazine rings is 1. The van der Waals surface area contributed by atoms with Gasteiger partial charge >= 0.3 is 6.09 Å². The molecule has 1 amide bonds. The molecule has 0 aliphatic carbocycles. The number of aliphatic hydroxyl groups excluding tert-OH is 1. The first kappa shape index (κ1) is 15.2. The quantitative estimate of drug-likeness (QED) is 0.792. The topological polar surface area (TPSA) is 61.8 Å². The molecule has 0 bridgehead atoms. The number of ether oxygens (including phenoxy) is 1. The van der Waals surface area contributed by atoms with Crippen LogP contribution in [0.15, 0.2) is 0 Å². The van der Waals surface area contributed by atoms with E-state index in [0.29, 0.717) is 31.5 Å². The van der Waals surface area contributed by atoms with E-state index in [9.17, 15) is 9.90 Å². The number of nitrogens with zero attached hydrogens (tertiary/aromatic N) is 1. The summed E-state index contributed by atoms with van der Waals surface area (Å²) in [5.74, 6) is 0.773. The second-order valence-electron chi connectivity index (χ2n) is 5.72. The Balaban J connectivity index is 2.59. The van der Waals surface area contributed by atoms with Crippen LogP contribution in [0.2, 0.25) is 0 Å². The van der Waals surface area contributed by atoms with Crippen LogP contribution in [0.25, 0.3) is 0 Å². The number of hydrogen-bond acceptors (Lipinski definition) is 4. The van der Waals surface area contributed by atoms with Crippen LogP contribution >= 0.6 is 0 Å². The minimum Gasteiger partial charge on any atom is -0.449 e. The van der Waals surface area contributed by atoms with Gasteiger partial charge in [0.1, 0.15) is 0 Å². The first-order chi connectivity index (χ1) is 8.45. The van der Waals surface area contributed by atoms with E-state index in [0.717, 1.165) is 0 Å². The van der Waals surface area contributed by atoms with Gasteiger partial charge < -0.3 is 20.1 Å². The molecule has 0 radical (unpaired) electrons. The predicted molar refractivity (Wildman–Crippen MR) is 70.4 cm³/mol. The Labute approximate surface area is 109 Å². The fourth-order valence-electron chi connectivity index (χ4n) is 1.98. The Kier molecular flexibility index (Phi) is 5.88. The highest BCUT2D eigenvalue weighted by molar-refractivity contribution is 5.68. The van der Waals surface area contributed by atoms with Crippen molar-refractivity contribution in [1.82, 2.24) is 10.2 Å². The van der Waals surface area contributed by atoms with E-state index in [4.69, 9.17) is 4.74 Å². The third-order valence-corrected chi connectivity index (χ3v) is 3.24. The minimum absolute atomic E-state index is 0.0331. The van der Waals surface area contributed by atoms with Crippen molar-refractivity contribution in [2.45, 2.75) is 39.8 Å². The summed E-state index contributed by atoms with van der Waals surface area (Å²) < 4.78 is 5.25. The normalized spacial score (nSPS) is 24.7. The Hall–Kier alpha value is -0.810. The van der Waals surface area contributed by atoms with Crippen LogP contribution in [-0.4, -0.2) is 54.5 Å². The highest BCUT2D eigenvalue weighted by Crippen LogP contribution is 2.14. The van der Waals surface area contributed by atoms with E-state index in [1.807, 2.05) is 13.8 Å². The third-order valence-electron chi connectivity index (χ3n) is 3.24. The molecule has 106 valence electrons. The lowest BCUT2D eigenvalue weighted by Gasteiger charge is -2.40. The van der Waals surface area contributed by atoms with Gasteiger partial charge in [0.2, 0.25) is 0 Å². The maximum absolute atomic E-state index is 12.0. The summed E-state index contributed by atoms with van der Waals surface area (Å²) in [6.45, 7) is 9.86. The molecule has 1 fully saturated rings. The van der Waals surface area contributed by atoms with Crippen molar-refractivity contribution in [3.8, 4) is 0 Å². The standard InChI is InChI=1S/C13H26N2O3/c1-9(2)8-18-13(17)15-6-12(10(3)4)14-5-11(15)7-16/h9-12,14,16H,5-8H2,1-4H3. The van der Waals surface area contributed by atoms with Crippen LogP contribution in [0, 0.1) is 11.8 Å². The molecule has 5 nitrogen and oxygen atoms in total. The second-order valence-corrected chi connectivity index (χ2v) is 5.72. The number of carbonyl (C=O) groups is 1. The zero-order valence-electron chi connectivity index (χ0n) is 11.8. The molecule has 0 aromatic heterocycles. The summed E-state index contributed by atoms with van der Waals surface area (Å²) in [5.41, 5.74) is 0. The van der Waals surface area contributed by atoms with Gasteiger partial charge in [-0.2, -0.15) is 0 Å². The lowest BCUT2D eigenvalue weighted by Crippen LogP contribution is -2.61. The van der Waals surface area contributed by atoms with Crippen LogP contribution in [0.5, 0.6) is 0 Å². The third kappa shape index (κ3) is 4.14. The monoisotopic (exact) mass is 258 g/mol. The molecule has 1 heterocycles. The van der Waals surface area contributed by atoms with E-state index >= 15 is 0 Å². The molecule has 0 aromatic carbocycles. The van der Waals surface area contributed by atoms with Gasteiger partial charge in [0, 0.05) is 19.1 Å². The van der Waals surface area contributed by atoms with Crippen molar-refractivity contribution < 1.29 is 14.6 Å². The highest BCUT2D eigenvalue weighted by atomic mass is 16.6. The van der Waals surface area contributed by atoms with Crippen molar-refractivity contribution in [3.05, 3.63) is 0 Å². The molecular weight excluding hydrogens is 232 g/mol. The van der Waals surface area contributed by atoms with Gasteiger partial charge in [-0.05, 0) is 11.8 Å². The molecule has 2 unspecified atom stereocenters. The number of amides is 1. The Morgan fingerprint density at radius 1 is 1.44 bits per heavy atom. The van der Waals surface area contributed by atoms with Gasteiger partial charge in [-0.15, -0.1) is 0 Å². The smallest absolute Gasteiger partial charge is 0.410 e. The van der Waals surface area contributed by atoms with E-state index in [-0.39, 0.29) is 24.8 Å². The van der Waals surface area contributed by atoms with Gasteiger partial charge in [-0.25, -0.2) is 4.79 Å². The number of hydrogen-bond donors (Lipinski definition) is 2. The molecule has 18 heavy (non-hydrogen) atoms. The molecule has 2 atom stereocenters. The summed E-state index contributed by atoms with van der Waals surface area (Å²) >= 11 is 0. The first-order valence-electron chi connectivity index (χ1n) is 6.73. The summed E-state index contributed by atoms with van der Waals surface area (Å²) in [4.78, 5) is 13.7. The van der Waals surface area contributed by atoms with Crippen LogP contribution in [-0.2, 0) is 4.74 Å². The summed E-state index contributed by atoms with van der Waals surface area (Å²) in [6, 6.07) is 0.0825. The van der Waals surface area contributed by atoms with Crippen molar-refractivity contribution in [2.75, 3.05) is 26.3 Å². The van der Waals surface area contributed by atoms with Crippen LogP contribution in [0.4, 0.5) is 4.79 Å². The molecule has 1 aliphatic rings. The second kappa shape index (κ2) is 6.95. The summed E-state index contributed by atoms with van der Waals surface area (Å²) in [7, 11) is 0. The largest absolute Gasteiger partial charge is 0.449 e. The number of aliphatic hydroxyl groups is 1. The number of carbonyl (C=O) groups excluding carboxylic acids is 1. The number of nitrogens with one attached hydrogen (secondary N) is 1. The molecule has 0 aromatic rings. The molecular formula is C13H26N2O3. The molecule has 0 spiro atoms. The first-order valence-corrected chi connectivity index (χ1v) is 6.73. The van der Waals surface area contributed by atoms with Gasteiger partial charge in [0.05, 0.1) is 19.3 Å². The van der Waals surface area contributed by atoms with Crippen molar-refractivity contribution in [1.29, 1.82) is 0 Å². The fourth-order valence-corrected chi connectivity index (χ4v) is 1.98. The zero-order valence-corrected chi connectivity index (χ0v) is 11.8. The van der Waals surface area contributed by atoms with E-state index < -0.39 is 0 Å². The maximum atomic E-state index is 12.0. The average Bonchev–Trinajstić information content (AvgIpc) is 2.34. The molecule has 1 aliphatic heterocycles. The Morgan fingerprint density at radius 2 is 2.11 bits per heavy atom. The summed E-state index contributed by atoms with van der Waals surface area (Å²) in [5, 5.41) is 12.7. The van der Waals surface area contributed by atoms with Crippen molar-refractivity contribution >= 4 is 6.09 Å². The molecule has 5 heteroatoms. The van der Waals surface area contributed by atoms with E-state index in [1.165, 1.54) is 0 Å². The number of rotatable bonds is 4. The van der Waals surface area contributed by atoms with Gasteiger partial charge in [0.25, 0.3) is 0 Å². The molecule has 2 N–H and O–H groups in total. The van der Waals surface area contributed by atoms with Crippen molar-refractivity contribution in [2.24, 2.45) is 11.8 Å². The molecule has 1 saturated heterocycles. The van der Waals surface area contributed by atoms with E-state index in [1.54, 1.807) is 4.90 Å². The van der Waals surface area contributed by atoms with Crippen molar-refractivity contribution in [3.63, 3.8) is 0 Å². The lowest BCUT2D eigenvalue weighted by atomic mass is 10.00. The SMILES string of the molecule is CC(C)COC(=O)N1CC(C(C)C)NCC1CO. The van der Waals surface area contributed by atoms with Gasteiger partial charge in [-0.1, -0.05) is 27.7 Å². The average molecular weight is 258 g/mol. The predicted octanol–water partition coefficient (Wildman–Crippen LogP) is 1.07. The highest BCUT2D eigenvalue weighted by Gasteiger charge is 2.33. The molecule has 0 saturated carbocycles. The van der Waals surface area contributed by atoms with Gasteiger partial charge in [0.15, 0.2) is 0 Å².